The lowest BCUT2D eigenvalue weighted by molar-refractivity contribution is 0.674. The quantitative estimate of drug-likeness (QED) is 0.810. The van der Waals surface area contributed by atoms with Crippen LogP contribution in [0.3, 0.4) is 0 Å². The number of nitrogens with two attached hydrogens (primary N) is 1. The molecule has 0 amide bonds. The van der Waals surface area contributed by atoms with Gasteiger partial charge in [-0.25, -0.2) is 0 Å². The smallest absolute Gasteiger partial charge is 0.000834 e. The van der Waals surface area contributed by atoms with E-state index in [4.69, 9.17) is 5.73 Å². The number of benzene rings is 2. The van der Waals surface area contributed by atoms with E-state index in [1.54, 1.807) is 0 Å². The molecule has 21 heavy (non-hydrogen) atoms. The van der Waals surface area contributed by atoms with Crippen molar-refractivity contribution in [3.63, 3.8) is 0 Å². The maximum absolute atomic E-state index is 5.81. The van der Waals surface area contributed by atoms with Crippen molar-refractivity contribution < 1.29 is 0 Å². The fraction of sp³-hybridized carbons (Fsp3) is 0.300. The molecule has 0 saturated heterocycles. The van der Waals surface area contributed by atoms with Gasteiger partial charge in [-0.1, -0.05) is 69.0 Å². The second-order valence-corrected chi connectivity index (χ2v) is 5.49. The Kier molecular flexibility index (Phi) is 5.35. The van der Waals surface area contributed by atoms with Crippen molar-refractivity contribution in [2.24, 2.45) is 5.73 Å². The van der Waals surface area contributed by atoms with Gasteiger partial charge in [0.15, 0.2) is 0 Å². The van der Waals surface area contributed by atoms with Crippen LogP contribution in [0.5, 0.6) is 0 Å². The molecule has 1 unspecified atom stereocenters. The molecule has 2 aromatic carbocycles. The van der Waals surface area contributed by atoms with Crippen LogP contribution in [0.25, 0.3) is 5.57 Å². The Bertz CT molecular complexity index is 574. The lowest BCUT2D eigenvalue weighted by Crippen LogP contribution is -2.11. The van der Waals surface area contributed by atoms with Crippen LogP contribution < -0.4 is 5.73 Å². The molecule has 2 N–H and O–H groups in total. The van der Waals surface area contributed by atoms with Gasteiger partial charge in [0.05, 0.1) is 0 Å². The van der Waals surface area contributed by atoms with Crippen LogP contribution in [0.4, 0.5) is 0 Å². The first kappa shape index (κ1) is 15.5. The van der Waals surface area contributed by atoms with Gasteiger partial charge in [0.2, 0.25) is 0 Å². The highest BCUT2D eigenvalue weighted by Crippen LogP contribution is 2.25. The van der Waals surface area contributed by atoms with E-state index in [-0.39, 0.29) is 0 Å². The van der Waals surface area contributed by atoms with E-state index < -0.39 is 0 Å². The molecule has 2 aromatic rings. The van der Waals surface area contributed by atoms with Crippen LogP contribution in [-0.4, -0.2) is 6.54 Å². The topological polar surface area (TPSA) is 26.0 Å². The third kappa shape index (κ3) is 3.62. The van der Waals surface area contributed by atoms with Crippen molar-refractivity contribution in [2.75, 3.05) is 6.54 Å². The molecule has 1 nitrogen and oxygen atoms in total. The van der Waals surface area contributed by atoms with Crippen LogP contribution in [0.15, 0.2) is 55.1 Å². The van der Waals surface area contributed by atoms with Gasteiger partial charge in [-0.15, -0.1) is 0 Å². The normalized spacial score (nSPS) is 12.1. The largest absolute Gasteiger partial charge is 0.330 e. The molecule has 0 spiro atoms. The fourth-order valence-corrected chi connectivity index (χ4v) is 2.60. The summed E-state index contributed by atoms with van der Waals surface area (Å²) in [6, 6.07) is 17.3. The fourth-order valence-electron chi connectivity index (χ4n) is 2.60. The van der Waals surface area contributed by atoms with Crippen molar-refractivity contribution in [1.29, 1.82) is 0 Å². The Balaban J connectivity index is 2.19. The van der Waals surface area contributed by atoms with Crippen LogP contribution in [-0.2, 0) is 6.42 Å². The minimum absolute atomic E-state index is 0.455. The molecule has 0 saturated carbocycles. The van der Waals surface area contributed by atoms with E-state index in [2.05, 4.69) is 69.0 Å². The van der Waals surface area contributed by atoms with Crippen molar-refractivity contribution >= 4 is 5.57 Å². The first-order valence-electron chi connectivity index (χ1n) is 7.78. The molecule has 0 heterocycles. The van der Waals surface area contributed by atoms with E-state index >= 15 is 0 Å². The summed E-state index contributed by atoms with van der Waals surface area (Å²) in [4.78, 5) is 0. The molecule has 0 radical (unpaired) electrons. The second-order valence-electron chi connectivity index (χ2n) is 5.49. The van der Waals surface area contributed by atoms with E-state index in [1.165, 1.54) is 22.3 Å². The van der Waals surface area contributed by atoms with Crippen molar-refractivity contribution in [3.8, 4) is 0 Å². The summed E-state index contributed by atoms with van der Waals surface area (Å²) in [7, 11) is 0. The van der Waals surface area contributed by atoms with Gasteiger partial charge >= 0.3 is 0 Å². The molecule has 0 aromatic heterocycles. The molecule has 1 heteroatoms. The van der Waals surface area contributed by atoms with E-state index in [0.29, 0.717) is 12.5 Å². The first-order chi connectivity index (χ1) is 10.2. The lowest BCUT2D eigenvalue weighted by atomic mass is 9.93. The molecule has 1 atom stereocenters. The SMILES string of the molecule is C=C(c1ccc(CC)cc1)c1ccc(C(CC)CN)cc1. The summed E-state index contributed by atoms with van der Waals surface area (Å²) in [5, 5.41) is 0. The monoisotopic (exact) mass is 279 g/mol. The predicted molar refractivity (Wildman–Crippen MR) is 92.5 cm³/mol. The molecule has 0 aliphatic carbocycles. The van der Waals surface area contributed by atoms with Gasteiger partial charge in [0.25, 0.3) is 0 Å². The minimum Gasteiger partial charge on any atom is -0.330 e. The summed E-state index contributed by atoms with van der Waals surface area (Å²) in [5.41, 5.74) is 11.9. The Morgan fingerprint density at radius 3 is 1.90 bits per heavy atom. The summed E-state index contributed by atoms with van der Waals surface area (Å²) in [6.07, 6.45) is 2.15. The zero-order valence-corrected chi connectivity index (χ0v) is 13.1. The highest BCUT2D eigenvalue weighted by molar-refractivity contribution is 5.78. The van der Waals surface area contributed by atoms with Crippen LogP contribution in [0, 0.1) is 0 Å². The van der Waals surface area contributed by atoms with Crippen molar-refractivity contribution in [3.05, 3.63) is 77.4 Å². The third-order valence-electron chi connectivity index (χ3n) is 4.22. The first-order valence-corrected chi connectivity index (χ1v) is 7.78. The Morgan fingerprint density at radius 2 is 1.48 bits per heavy atom. The number of aryl methyl sites for hydroxylation is 1. The third-order valence-corrected chi connectivity index (χ3v) is 4.22. The van der Waals surface area contributed by atoms with Gasteiger partial charge in [-0.05, 0) is 53.1 Å². The zero-order chi connectivity index (χ0) is 15.2. The van der Waals surface area contributed by atoms with E-state index in [9.17, 15) is 0 Å². The maximum Gasteiger partial charge on any atom is -0.000834 e. The zero-order valence-electron chi connectivity index (χ0n) is 13.1. The molecule has 0 fully saturated rings. The van der Waals surface area contributed by atoms with E-state index in [1.807, 2.05) is 0 Å². The highest BCUT2D eigenvalue weighted by Gasteiger charge is 2.08. The standard InChI is InChI=1S/C20H25N/c1-4-16-6-8-18(9-7-16)15(3)19-10-12-20(13-11-19)17(5-2)14-21/h6-13,17H,3-5,14,21H2,1-2H3. The summed E-state index contributed by atoms with van der Waals surface area (Å²) in [6.45, 7) is 9.30. The van der Waals surface area contributed by atoms with Gasteiger partial charge in [0, 0.05) is 0 Å². The summed E-state index contributed by atoms with van der Waals surface area (Å²) in [5.74, 6) is 0.455. The predicted octanol–water partition coefficient (Wildman–Crippen LogP) is 4.76. The van der Waals surface area contributed by atoms with Gasteiger partial charge in [-0.3, -0.25) is 0 Å². The Labute approximate surface area is 128 Å². The van der Waals surface area contributed by atoms with Crippen molar-refractivity contribution in [2.45, 2.75) is 32.6 Å². The Morgan fingerprint density at radius 1 is 0.952 bits per heavy atom. The molecule has 2 rings (SSSR count). The molecule has 110 valence electrons. The molecule has 0 aliphatic rings. The maximum atomic E-state index is 5.81. The molecular weight excluding hydrogens is 254 g/mol. The molecule has 0 bridgehead atoms. The lowest BCUT2D eigenvalue weighted by Gasteiger charge is -2.14. The van der Waals surface area contributed by atoms with Gasteiger partial charge in [0.1, 0.15) is 0 Å². The van der Waals surface area contributed by atoms with Crippen molar-refractivity contribution in [1.82, 2.24) is 0 Å². The molecule has 0 aliphatic heterocycles. The highest BCUT2D eigenvalue weighted by atomic mass is 14.5. The van der Waals surface area contributed by atoms with Crippen LogP contribution in [0.2, 0.25) is 0 Å². The average molecular weight is 279 g/mol. The van der Waals surface area contributed by atoms with E-state index in [0.717, 1.165) is 18.4 Å². The van der Waals surface area contributed by atoms with Gasteiger partial charge < -0.3 is 5.73 Å². The minimum atomic E-state index is 0.455. The summed E-state index contributed by atoms with van der Waals surface area (Å²) >= 11 is 0. The van der Waals surface area contributed by atoms with Crippen LogP contribution in [0.1, 0.15) is 48.4 Å². The Hall–Kier alpha value is -1.86. The average Bonchev–Trinajstić information content (AvgIpc) is 2.56. The number of hydrogen-bond acceptors (Lipinski definition) is 1. The van der Waals surface area contributed by atoms with Gasteiger partial charge in [-0.2, -0.15) is 0 Å². The molecular formula is C20H25N. The second kappa shape index (κ2) is 7.24. The number of rotatable bonds is 6. The van der Waals surface area contributed by atoms with Crippen LogP contribution >= 0.6 is 0 Å². The number of hydrogen-bond donors (Lipinski definition) is 1. The summed E-state index contributed by atoms with van der Waals surface area (Å²) < 4.78 is 0.